The Hall–Kier alpha value is -2.54. The first-order valence-corrected chi connectivity index (χ1v) is 8.33. The lowest BCUT2D eigenvalue weighted by Gasteiger charge is -2.29. The third kappa shape index (κ3) is 3.39. The molecule has 1 unspecified atom stereocenters. The van der Waals surface area contributed by atoms with Gasteiger partial charge in [-0.3, -0.25) is 0 Å². The predicted octanol–water partition coefficient (Wildman–Crippen LogP) is 5.02. The summed E-state index contributed by atoms with van der Waals surface area (Å²) in [5.74, 6) is -0.521. The Bertz CT molecular complexity index is 927. The molecule has 1 atom stereocenters. The normalized spacial score (nSPS) is 19.4. The molecule has 0 N–H and O–H groups in total. The van der Waals surface area contributed by atoms with Crippen LogP contribution < -0.4 is 0 Å². The van der Waals surface area contributed by atoms with Crippen molar-refractivity contribution in [3.63, 3.8) is 0 Å². The van der Waals surface area contributed by atoms with Crippen LogP contribution in [0.4, 0.5) is 13.2 Å². The van der Waals surface area contributed by atoms with Crippen LogP contribution in [0.2, 0.25) is 5.02 Å². The SMILES string of the molecule is COC(=O)c1ccc(C2=NOC(c3cccc(Cl)c3)(C(F)(F)F)C2)cc1C. The van der Waals surface area contributed by atoms with Crippen molar-refractivity contribution in [2.75, 3.05) is 7.11 Å². The molecule has 2 aromatic rings. The second-order valence-electron chi connectivity index (χ2n) is 6.16. The molecule has 2 aromatic carbocycles. The minimum absolute atomic E-state index is 0.121. The summed E-state index contributed by atoms with van der Waals surface area (Å²) in [6.45, 7) is 1.67. The molecule has 1 aliphatic rings. The highest BCUT2D eigenvalue weighted by molar-refractivity contribution is 6.30. The number of alkyl halides is 3. The Morgan fingerprint density at radius 3 is 2.59 bits per heavy atom. The molecule has 0 fully saturated rings. The van der Waals surface area contributed by atoms with Gasteiger partial charge in [0.1, 0.15) is 0 Å². The first-order chi connectivity index (χ1) is 12.7. The van der Waals surface area contributed by atoms with E-state index in [4.69, 9.17) is 16.4 Å². The van der Waals surface area contributed by atoms with Gasteiger partial charge in [-0.05, 0) is 42.3 Å². The van der Waals surface area contributed by atoms with Crippen molar-refractivity contribution in [3.05, 3.63) is 69.7 Å². The standard InChI is InChI=1S/C19H15ClF3NO3/c1-11-8-12(6-7-15(11)17(25)26-2)16-10-18(27-24-16,19(21,22)23)13-4-3-5-14(20)9-13/h3-9H,10H2,1-2H3. The Morgan fingerprint density at radius 1 is 1.26 bits per heavy atom. The minimum Gasteiger partial charge on any atom is -0.465 e. The molecule has 0 amide bonds. The summed E-state index contributed by atoms with van der Waals surface area (Å²) in [4.78, 5) is 16.6. The molecule has 0 saturated carbocycles. The first kappa shape index (κ1) is 19.2. The summed E-state index contributed by atoms with van der Waals surface area (Å²) < 4.78 is 46.4. The van der Waals surface area contributed by atoms with E-state index in [1.807, 2.05) is 0 Å². The average molecular weight is 398 g/mol. The van der Waals surface area contributed by atoms with Gasteiger partial charge in [-0.25, -0.2) is 4.79 Å². The Labute approximate surface area is 158 Å². The van der Waals surface area contributed by atoms with Crippen molar-refractivity contribution in [2.45, 2.75) is 25.1 Å². The molecule has 27 heavy (non-hydrogen) atoms. The number of hydrogen-bond acceptors (Lipinski definition) is 4. The van der Waals surface area contributed by atoms with E-state index in [-0.39, 0.29) is 16.3 Å². The van der Waals surface area contributed by atoms with Crippen LogP contribution >= 0.6 is 11.6 Å². The summed E-state index contributed by atoms with van der Waals surface area (Å²) in [5.41, 5.74) is -1.27. The maximum atomic E-state index is 13.9. The fourth-order valence-electron chi connectivity index (χ4n) is 2.98. The number of carbonyl (C=O) groups excluding carboxylic acids is 1. The molecule has 0 bridgehead atoms. The maximum absolute atomic E-state index is 13.9. The Balaban J connectivity index is 1.97. The molecule has 0 aromatic heterocycles. The van der Waals surface area contributed by atoms with Crippen LogP contribution in [-0.4, -0.2) is 25.0 Å². The van der Waals surface area contributed by atoms with Crippen LogP contribution in [0.5, 0.6) is 0 Å². The van der Waals surface area contributed by atoms with Crippen LogP contribution in [0.25, 0.3) is 0 Å². The summed E-state index contributed by atoms with van der Waals surface area (Å²) in [6.07, 6.45) is -5.21. The summed E-state index contributed by atoms with van der Waals surface area (Å²) in [6, 6.07) is 10.0. The van der Waals surface area contributed by atoms with Gasteiger partial charge in [-0.15, -0.1) is 0 Å². The smallest absolute Gasteiger partial charge is 0.435 e. The van der Waals surface area contributed by atoms with Crippen molar-refractivity contribution < 1.29 is 27.5 Å². The van der Waals surface area contributed by atoms with Crippen LogP contribution in [0.3, 0.4) is 0 Å². The Morgan fingerprint density at radius 2 is 2.00 bits per heavy atom. The summed E-state index contributed by atoms with van der Waals surface area (Å²) in [5, 5.41) is 3.88. The zero-order chi connectivity index (χ0) is 19.8. The van der Waals surface area contributed by atoms with E-state index in [1.165, 1.54) is 43.5 Å². The zero-order valence-corrected chi connectivity index (χ0v) is 15.2. The van der Waals surface area contributed by atoms with E-state index in [1.54, 1.807) is 13.0 Å². The number of esters is 1. The zero-order valence-electron chi connectivity index (χ0n) is 14.4. The first-order valence-electron chi connectivity index (χ1n) is 7.95. The van der Waals surface area contributed by atoms with E-state index in [0.29, 0.717) is 16.7 Å². The quantitative estimate of drug-likeness (QED) is 0.683. The van der Waals surface area contributed by atoms with Gasteiger partial charge < -0.3 is 9.57 Å². The van der Waals surface area contributed by atoms with Gasteiger partial charge in [0, 0.05) is 17.0 Å². The number of hydrogen-bond donors (Lipinski definition) is 0. The number of methoxy groups -OCH3 is 1. The number of carbonyl (C=O) groups is 1. The molecule has 0 spiro atoms. The van der Waals surface area contributed by atoms with E-state index >= 15 is 0 Å². The highest BCUT2D eigenvalue weighted by Crippen LogP contribution is 2.49. The lowest BCUT2D eigenvalue weighted by atomic mass is 9.86. The number of oxime groups is 1. The Kier molecular flexibility index (Phi) is 4.90. The monoisotopic (exact) mass is 397 g/mol. The molecule has 0 aliphatic carbocycles. The molecule has 3 rings (SSSR count). The van der Waals surface area contributed by atoms with Gasteiger partial charge in [0.15, 0.2) is 0 Å². The van der Waals surface area contributed by atoms with E-state index in [2.05, 4.69) is 9.89 Å². The third-order valence-electron chi connectivity index (χ3n) is 4.44. The molecule has 142 valence electrons. The highest BCUT2D eigenvalue weighted by atomic mass is 35.5. The van der Waals surface area contributed by atoms with Gasteiger partial charge in [-0.2, -0.15) is 13.2 Å². The van der Waals surface area contributed by atoms with Crippen molar-refractivity contribution in [1.29, 1.82) is 0 Å². The number of halogens is 4. The molecule has 8 heteroatoms. The van der Waals surface area contributed by atoms with E-state index in [9.17, 15) is 18.0 Å². The highest BCUT2D eigenvalue weighted by Gasteiger charge is 2.62. The van der Waals surface area contributed by atoms with Crippen molar-refractivity contribution in [3.8, 4) is 0 Å². The molecule has 1 heterocycles. The molecular weight excluding hydrogens is 383 g/mol. The second-order valence-corrected chi connectivity index (χ2v) is 6.60. The molecule has 0 radical (unpaired) electrons. The van der Waals surface area contributed by atoms with Gasteiger partial charge >= 0.3 is 12.1 Å². The lowest BCUT2D eigenvalue weighted by molar-refractivity contribution is -0.275. The molecule has 0 saturated heterocycles. The molecular formula is C19H15ClF3NO3. The summed E-state index contributed by atoms with van der Waals surface area (Å²) >= 11 is 5.87. The van der Waals surface area contributed by atoms with Crippen LogP contribution in [0.1, 0.15) is 33.5 Å². The van der Waals surface area contributed by atoms with Crippen molar-refractivity contribution in [1.82, 2.24) is 0 Å². The van der Waals surface area contributed by atoms with Crippen LogP contribution in [0.15, 0.2) is 47.6 Å². The predicted molar refractivity (Wildman–Crippen MR) is 93.9 cm³/mol. The number of benzene rings is 2. The van der Waals surface area contributed by atoms with Gasteiger partial charge in [-0.1, -0.05) is 35.0 Å². The number of nitrogens with zero attached hydrogens (tertiary/aromatic N) is 1. The van der Waals surface area contributed by atoms with Crippen LogP contribution in [-0.2, 0) is 15.2 Å². The van der Waals surface area contributed by atoms with E-state index < -0.39 is 24.2 Å². The van der Waals surface area contributed by atoms with Crippen molar-refractivity contribution >= 4 is 23.3 Å². The number of rotatable bonds is 3. The second kappa shape index (κ2) is 6.88. The van der Waals surface area contributed by atoms with Crippen molar-refractivity contribution in [2.24, 2.45) is 5.16 Å². The maximum Gasteiger partial charge on any atom is 0.435 e. The number of ether oxygens (including phenoxy) is 1. The van der Waals surface area contributed by atoms with Gasteiger partial charge in [0.05, 0.1) is 18.4 Å². The molecule has 1 aliphatic heterocycles. The fraction of sp³-hybridized carbons (Fsp3) is 0.263. The number of aryl methyl sites for hydroxylation is 1. The molecule has 4 nitrogen and oxygen atoms in total. The third-order valence-corrected chi connectivity index (χ3v) is 4.68. The summed E-state index contributed by atoms with van der Waals surface area (Å²) in [7, 11) is 1.26. The van der Waals surface area contributed by atoms with Gasteiger partial charge in [0.2, 0.25) is 0 Å². The lowest BCUT2D eigenvalue weighted by Crippen LogP contribution is -2.42. The van der Waals surface area contributed by atoms with Crippen LogP contribution in [0, 0.1) is 6.92 Å². The van der Waals surface area contributed by atoms with E-state index in [0.717, 1.165) is 0 Å². The topological polar surface area (TPSA) is 47.9 Å². The van der Waals surface area contributed by atoms with Gasteiger partial charge in [0.25, 0.3) is 5.60 Å². The average Bonchev–Trinajstić information content (AvgIpc) is 3.08. The minimum atomic E-state index is -4.70. The largest absolute Gasteiger partial charge is 0.465 e. The fourth-order valence-corrected chi connectivity index (χ4v) is 3.17.